The first kappa shape index (κ1) is 88.4. The Morgan fingerprint density at radius 3 is 1.00 bits per heavy atom. The number of benzene rings is 7. The minimum Gasteiger partial charge on any atom is -0.399 e. The zero-order valence-electron chi connectivity index (χ0n) is 68.8. The van der Waals surface area contributed by atoms with Crippen LogP contribution in [0.4, 0.5) is 0 Å². The summed E-state index contributed by atoms with van der Waals surface area (Å²) in [7, 11) is 6.84. The van der Waals surface area contributed by atoms with Crippen molar-refractivity contribution in [1.82, 2.24) is 46.2 Å². The van der Waals surface area contributed by atoms with E-state index in [0.717, 1.165) is 163 Å². The van der Waals surface area contributed by atoms with Gasteiger partial charge in [-0.15, -0.1) is 45.3 Å². The van der Waals surface area contributed by atoms with Crippen molar-refractivity contribution >= 4 is 202 Å². The molecule has 3 fully saturated rings. The average Bonchev–Trinajstić information content (AvgIpc) is 1.62. The Labute approximate surface area is 764 Å². The van der Waals surface area contributed by atoms with E-state index in [-0.39, 0.29) is 64.1 Å². The number of hydrogen-bond donors (Lipinski definition) is 5. The smallest absolute Gasteiger partial charge is 0.399 e. The van der Waals surface area contributed by atoms with Crippen LogP contribution in [0.25, 0.3) is 53.9 Å². The molecular formula is C94H80BBr2N9O13S6. The molecule has 3 saturated heterocycles. The number of halogens is 2. The molecule has 14 heterocycles. The molecule has 0 atom stereocenters. The Bertz CT molecular complexity index is 6420. The Morgan fingerprint density at radius 1 is 0.368 bits per heavy atom. The summed E-state index contributed by atoms with van der Waals surface area (Å²) in [6.07, 6.45) is 5.94. The fourth-order valence-electron chi connectivity index (χ4n) is 15.0. The molecule has 5 N–H and O–H groups in total. The predicted molar refractivity (Wildman–Crippen MR) is 504 cm³/mol. The summed E-state index contributed by atoms with van der Waals surface area (Å²) in [5.74, 6) is 0.370. The summed E-state index contributed by atoms with van der Waals surface area (Å²) in [4.78, 5) is 142. The first-order chi connectivity index (χ1) is 59.7. The van der Waals surface area contributed by atoms with Gasteiger partial charge in [0.25, 0.3) is 41.4 Å². The zero-order valence-corrected chi connectivity index (χ0v) is 76.9. The maximum Gasteiger partial charge on any atom is 0.494 e. The lowest BCUT2D eigenvalue weighted by Gasteiger charge is -2.32. The molecule has 632 valence electrons. The van der Waals surface area contributed by atoms with Crippen molar-refractivity contribution in [1.29, 1.82) is 0 Å². The van der Waals surface area contributed by atoms with E-state index in [1.807, 2.05) is 225 Å². The van der Waals surface area contributed by atoms with E-state index in [4.69, 9.17) is 33.7 Å². The zero-order chi connectivity index (χ0) is 88.6. The molecule has 11 aromatic rings. The SMILES string of the molecule is CN1Cc2ccc(-c3ccc(/C=C4/NC(=S)CC4=O)s3)cc2C1=O.CN1Cc2ccc(-c3ccc(C=O)s3)cc2C1=O.CN1Cc2ccc(B3OC(C)(C)C(C)(C)O3)cc2C1=O.CN1Cc2ccc(Br)cc2C1=O.O=C1CC(=S)N/C1=C/c1ccc(-c2ccc3c(c2)C(=O)NC3)s1.O=C1NCc2ccc(Br)cc21.O=Cc1ccc(-c2ccc3c(c2)C(=O)NC3)s1. The van der Waals surface area contributed by atoms with Crippen LogP contribution in [-0.2, 0) is 64.7 Å². The van der Waals surface area contributed by atoms with Crippen molar-refractivity contribution in [3.05, 3.63) is 294 Å². The van der Waals surface area contributed by atoms with E-state index in [9.17, 15) is 52.7 Å². The van der Waals surface area contributed by atoms with Crippen LogP contribution in [0.5, 0.6) is 0 Å². The van der Waals surface area contributed by atoms with Crippen LogP contribution in [0.3, 0.4) is 0 Å². The van der Waals surface area contributed by atoms with E-state index in [1.165, 1.54) is 22.7 Å². The third-order valence-electron chi connectivity index (χ3n) is 22.5. The van der Waals surface area contributed by atoms with Crippen molar-refractivity contribution in [2.24, 2.45) is 0 Å². The second-order valence-corrected chi connectivity index (χ2v) is 39.0. The molecule has 7 aromatic carbocycles. The molecule has 125 heavy (non-hydrogen) atoms. The van der Waals surface area contributed by atoms with Gasteiger partial charge < -0.3 is 55.5 Å². The number of aldehydes is 2. The number of carbonyl (C=O) groups is 11. The lowest BCUT2D eigenvalue weighted by atomic mass is 9.78. The molecule has 22 nitrogen and oxygen atoms in total. The van der Waals surface area contributed by atoms with Crippen LogP contribution < -0.4 is 32.0 Å². The van der Waals surface area contributed by atoms with Crippen LogP contribution in [-0.4, -0.2) is 142 Å². The van der Waals surface area contributed by atoms with E-state index >= 15 is 0 Å². The summed E-state index contributed by atoms with van der Waals surface area (Å²) in [6, 6.07) is 56.5. The van der Waals surface area contributed by atoms with Crippen LogP contribution in [0, 0.1) is 0 Å². The highest BCUT2D eigenvalue weighted by molar-refractivity contribution is 9.10. The van der Waals surface area contributed by atoms with Crippen molar-refractivity contribution in [3.63, 3.8) is 0 Å². The molecule has 0 saturated carbocycles. The summed E-state index contributed by atoms with van der Waals surface area (Å²) in [5, 5.41) is 14.2. The number of nitrogens with zero attached hydrogens (tertiary/aromatic N) is 4. The number of fused-ring (bicyclic) bond motifs is 7. The molecule has 31 heteroatoms. The molecule has 10 aliphatic heterocycles. The Morgan fingerprint density at radius 2 is 0.656 bits per heavy atom. The number of rotatable bonds is 9. The highest BCUT2D eigenvalue weighted by Gasteiger charge is 2.52. The normalized spacial score (nSPS) is 17.2. The number of nitrogens with one attached hydrogen (secondary N) is 5. The van der Waals surface area contributed by atoms with Crippen molar-refractivity contribution in [2.75, 3.05) is 28.2 Å². The molecule has 4 aromatic heterocycles. The lowest BCUT2D eigenvalue weighted by molar-refractivity contribution is -0.114. The summed E-state index contributed by atoms with van der Waals surface area (Å²) in [6.45, 7) is 12.8. The summed E-state index contributed by atoms with van der Waals surface area (Å²) in [5.41, 5.74) is 18.2. The van der Waals surface area contributed by atoms with Gasteiger partial charge in [-0.05, 0) is 210 Å². The Kier molecular flexibility index (Phi) is 26.1. The minimum atomic E-state index is -0.413. The maximum absolute atomic E-state index is 12.1. The number of allylic oxidation sites excluding steroid dienone is 2. The molecular weight excluding hydrogens is 1830 g/mol. The number of thiophene rings is 4. The third kappa shape index (κ3) is 19.5. The molecule has 0 spiro atoms. The molecule has 0 radical (unpaired) electrons. The van der Waals surface area contributed by atoms with E-state index in [2.05, 4.69) is 58.4 Å². The second kappa shape index (κ2) is 37.0. The van der Waals surface area contributed by atoms with Crippen LogP contribution in [0.2, 0.25) is 0 Å². The topological polar surface area (TPSA) is 279 Å². The minimum absolute atomic E-state index is 0.0185. The number of hydrogen-bond acceptors (Lipinski definition) is 19. The third-order valence-corrected chi connectivity index (χ3v) is 28.2. The van der Waals surface area contributed by atoms with Crippen LogP contribution >= 0.6 is 102 Å². The van der Waals surface area contributed by atoms with Gasteiger partial charge in [0.2, 0.25) is 0 Å². The monoisotopic (exact) mass is 1900 g/mol. The van der Waals surface area contributed by atoms with Gasteiger partial charge in [0.15, 0.2) is 24.1 Å². The van der Waals surface area contributed by atoms with Crippen molar-refractivity contribution in [3.8, 4) is 41.8 Å². The van der Waals surface area contributed by atoms with Gasteiger partial charge in [-0.2, -0.15) is 0 Å². The van der Waals surface area contributed by atoms with Crippen LogP contribution in [0.15, 0.2) is 196 Å². The fraction of sp³-hybridized carbons (Fsp3) is 0.202. The van der Waals surface area contributed by atoms with Crippen molar-refractivity contribution in [2.45, 2.75) is 97.6 Å². The molecule has 0 aliphatic carbocycles. The highest BCUT2D eigenvalue weighted by Crippen LogP contribution is 2.40. The van der Waals surface area contributed by atoms with E-state index in [1.54, 1.807) is 61.5 Å². The van der Waals surface area contributed by atoms with Gasteiger partial charge in [0.1, 0.15) is 0 Å². The Balaban J connectivity index is 0.000000114. The van der Waals surface area contributed by atoms with Gasteiger partial charge in [-0.3, -0.25) is 52.7 Å². The number of thiocarbonyl (C=S) groups is 2. The predicted octanol–water partition coefficient (Wildman–Crippen LogP) is 16.7. The highest BCUT2D eigenvalue weighted by atomic mass is 79.9. The first-order valence-corrected chi connectivity index (χ1v) is 45.3. The van der Waals surface area contributed by atoms with Gasteiger partial charge >= 0.3 is 7.12 Å². The van der Waals surface area contributed by atoms with Gasteiger partial charge in [-0.25, -0.2) is 0 Å². The van der Waals surface area contributed by atoms with Gasteiger partial charge in [-0.1, -0.05) is 129 Å². The van der Waals surface area contributed by atoms with Crippen LogP contribution in [0.1, 0.15) is 181 Å². The van der Waals surface area contributed by atoms with Crippen molar-refractivity contribution < 1.29 is 62.0 Å². The number of ketones is 2. The maximum atomic E-state index is 12.1. The lowest BCUT2D eigenvalue weighted by Crippen LogP contribution is -2.41. The number of carbonyl (C=O) groups excluding carboxylic acids is 11. The quantitative estimate of drug-likeness (QED) is 0.0389. The molecule has 10 aliphatic rings. The van der Waals surface area contributed by atoms with Gasteiger partial charge in [0, 0.05) is 151 Å². The Hall–Kier alpha value is -11.5. The molecule has 0 bridgehead atoms. The largest absolute Gasteiger partial charge is 0.494 e. The second-order valence-electron chi connectivity index (χ2n) is 31.7. The average molecular weight is 1910 g/mol. The fourth-order valence-corrected chi connectivity index (χ4v) is 19.7. The molecule has 21 rings (SSSR count). The summed E-state index contributed by atoms with van der Waals surface area (Å²) >= 11 is 22.7. The first-order valence-electron chi connectivity index (χ1n) is 39.6. The standard InChI is InChI=1S/C18H14N2O2S2.C17H12N2O2S2.C15H20BNO3.C14H11NO2S.C13H9NO2S.C9H8BrNO.C8H6BrNO/c1-20-9-11-3-2-10(6-13(11)18(20)22)16-5-4-12(24-16)7-14-15(21)8-17(23)19-14;20-14-7-16(22)19-13(14)6-11-3-4-15(23-11)9-1-2-10-8-18-17(21)12(10)5-9;1-14(2)15(3,4)20-16(19-14)11-7-6-10-9-17(5)13(18)12(10)8-11;1-15-7-10-3-2-9(6-12(10)14(15)17)13-5-4-11(8-16)18-13;15-7-10-3-4-12(17-10)8-1-2-9-6-14-13(16)11(9)5-8;1-11-5-6-2-3-7(10)4-8(6)9(11)12;9-6-2-1-5-4-10-8(11)7(5)3-6/h2-7H,8-9H2,1H3,(H,19,23);1-6H,7-8H2,(H,18,21)(H,19,22);6-8H,9H2,1-5H3;2-6,8H,7H2,1H3;1-5,7H,6H2,(H,14,16);2-4H,5H2,1H3;1-3H,4H2,(H,10,11)/b14-7+;13-6+;;;;;. The van der Waals surface area contributed by atoms with E-state index < -0.39 is 7.12 Å². The molecule has 7 amide bonds. The number of Topliss-reactive ketones (excluding diaryl/α,β-unsaturated/α-hetero) is 2. The molecule has 0 unspecified atom stereocenters. The number of amides is 7. The van der Waals surface area contributed by atoms with E-state index in [0.29, 0.717) is 83.2 Å². The van der Waals surface area contributed by atoms with Gasteiger partial charge in [0.05, 0.1) is 55.2 Å². The summed E-state index contributed by atoms with van der Waals surface area (Å²) < 4.78 is 14.0.